The van der Waals surface area contributed by atoms with Gasteiger partial charge in [0.15, 0.2) is 16.6 Å². The summed E-state index contributed by atoms with van der Waals surface area (Å²) in [5, 5.41) is 4.88. The first-order chi connectivity index (χ1) is 16.9. The Bertz CT molecular complexity index is 1500. The number of pyridine rings is 1. The van der Waals surface area contributed by atoms with Gasteiger partial charge in [-0.1, -0.05) is 18.2 Å². The van der Waals surface area contributed by atoms with Crippen LogP contribution in [0.4, 0.5) is 5.69 Å². The molecule has 2 heterocycles. The number of ether oxygens (including phenoxy) is 2. The van der Waals surface area contributed by atoms with Crippen LogP contribution in [0, 0.1) is 20.8 Å². The van der Waals surface area contributed by atoms with Crippen LogP contribution in [0.15, 0.2) is 65.5 Å². The van der Waals surface area contributed by atoms with E-state index in [2.05, 4.69) is 23.3 Å². The van der Waals surface area contributed by atoms with E-state index in [4.69, 9.17) is 21.7 Å². The number of H-pyrrole nitrogens is 1. The van der Waals surface area contributed by atoms with Crippen molar-refractivity contribution in [1.82, 2.24) is 9.88 Å². The number of thiocarbonyl (C=S) groups is 1. The van der Waals surface area contributed by atoms with Crippen molar-refractivity contribution in [2.75, 3.05) is 12.1 Å². The molecule has 0 bridgehead atoms. The zero-order valence-electron chi connectivity index (χ0n) is 20.0. The molecular formula is C28H27N3O3S. The number of nitrogens with zero attached hydrogens (tertiary/aromatic N) is 1. The molecule has 0 saturated heterocycles. The molecule has 1 aromatic heterocycles. The second-order valence-corrected chi connectivity index (χ2v) is 9.38. The number of anilines is 1. The molecular weight excluding hydrogens is 458 g/mol. The molecule has 2 N–H and O–H groups in total. The molecule has 0 radical (unpaired) electrons. The maximum absolute atomic E-state index is 13.0. The Morgan fingerprint density at radius 3 is 2.60 bits per heavy atom. The normalized spacial score (nSPS) is 12.1. The SMILES string of the molecule is Cc1cccc(NC(=S)N(Cc2ccc3c(c2)OCO3)Cc2cc3cc(C)c(C)cc3[nH]c2=O)c1. The number of rotatable bonds is 5. The van der Waals surface area contributed by atoms with Crippen LogP contribution in [0.25, 0.3) is 10.9 Å². The topological polar surface area (TPSA) is 66.6 Å². The summed E-state index contributed by atoms with van der Waals surface area (Å²) >= 11 is 5.82. The molecule has 7 heteroatoms. The van der Waals surface area contributed by atoms with Crippen molar-refractivity contribution < 1.29 is 9.47 Å². The third kappa shape index (κ3) is 5.00. The number of aromatic nitrogens is 1. The maximum atomic E-state index is 13.0. The average molecular weight is 486 g/mol. The Hall–Kier alpha value is -3.84. The number of hydrogen-bond acceptors (Lipinski definition) is 4. The lowest BCUT2D eigenvalue weighted by Gasteiger charge is -2.26. The summed E-state index contributed by atoms with van der Waals surface area (Å²) in [6, 6.07) is 20.0. The van der Waals surface area contributed by atoms with Gasteiger partial charge in [0, 0.05) is 23.3 Å². The molecule has 1 aliphatic heterocycles. The number of hydrogen-bond donors (Lipinski definition) is 2. The van der Waals surface area contributed by atoms with E-state index in [0.717, 1.165) is 44.8 Å². The highest BCUT2D eigenvalue weighted by Gasteiger charge is 2.18. The van der Waals surface area contributed by atoms with E-state index < -0.39 is 0 Å². The minimum atomic E-state index is -0.116. The van der Waals surface area contributed by atoms with Gasteiger partial charge in [-0.15, -0.1) is 0 Å². The second-order valence-electron chi connectivity index (χ2n) is 8.99. The minimum Gasteiger partial charge on any atom is -0.454 e. The van der Waals surface area contributed by atoms with Crippen LogP contribution in [0.3, 0.4) is 0 Å². The lowest BCUT2D eigenvalue weighted by Crippen LogP contribution is -2.35. The van der Waals surface area contributed by atoms with Gasteiger partial charge in [-0.2, -0.15) is 0 Å². The van der Waals surface area contributed by atoms with E-state index in [9.17, 15) is 4.79 Å². The number of aromatic amines is 1. The number of aryl methyl sites for hydroxylation is 3. The fourth-order valence-electron chi connectivity index (χ4n) is 4.23. The summed E-state index contributed by atoms with van der Waals surface area (Å²) in [6.07, 6.45) is 0. The Labute approximate surface area is 209 Å². The monoisotopic (exact) mass is 485 g/mol. The third-order valence-electron chi connectivity index (χ3n) is 6.26. The smallest absolute Gasteiger partial charge is 0.253 e. The fraction of sp³-hybridized carbons (Fsp3) is 0.214. The summed E-state index contributed by atoms with van der Waals surface area (Å²) in [7, 11) is 0. The molecule has 0 fully saturated rings. The molecule has 4 aromatic rings. The van der Waals surface area contributed by atoms with Gasteiger partial charge < -0.3 is 24.7 Å². The van der Waals surface area contributed by atoms with Crippen LogP contribution in [-0.2, 0) is 13.1 Å². The predicted octanol–water partition coefficient (Wildman–Crippen LogP) is 5.58. The summed E-state index contributed by atoms with van der Waals surface area (Å²) in [4.78, 5) is 18.0. The van der Waals surface area contributed by atoms with Crippen molar-refractivity contribution >= 4 is 33.9 Å². The molecule has 5 rings (SSSR count). The summed E-state index contributed by atoms with van der Waals surface area (Å²) in [5.41, 5.74) is 6.75. The van der Waals surface area contributed by atoms with Crippen molar-refractivity contribution in [2.45, 2.75) is 33.9 Å². The lowest BCUT2D eigenvalue weighted by molar-refractivity contribution is 0.174. The van der Waals surface area contributed by atoms with E-state index in [1.165, 1.54) is 5.56 Å². The first kappa shape index (κ1) is 22.9. The zero-order chi connectivity index (χ0) is 24.5. The molecule has 0 spiro atoms. The minimum absolute atomic E-state index is 0.116. The van der Waals surface area contributed by atoms with Crippen LogP contribution in [-0.4, -0.2) is 21.8 Å². The maximum Gasteiger partial charge on any atom is 0.253 e. The molecule has 3 aromatic carbocycles. The molecule has 0 amide bonds. The highest BCUT2D eigenvalue weighted by Crippen LogP contribution is 2.33. The Kier molecular flexibility index (Phi) is 6.17. The molecule has 0 aliphatic carbocycles. The quantitative estimate of drug-likeness (QED) is 0.360. The van der Waals surface area contributed by atoms with Crippen molar-refractivity contribution in [3.05, 3.63) is 98.8 Å². The van der Waals surface area contributed by atoms with Crippen LogP contribution in [0.5, 0.6) is 11.5 Å². The Morgan fingerprint density at radius 2 is 1.77 bits per heavy atom. The van der Waals surface area contributed by atoms with Crippen molar-refractivity contribution in [1.29, 1.82) is 0 Å². The van der Waals surface area contributed by atoms with E-state index in [-0.39, 0.29) is 12.4 Å². The third-order valence-corrected chi connectivity index (χ3v) is 6.62. The number of fused-ring (bicyclic) bond motifs is 2. The van der Waals surface area contributed by atoms with Gasteiger partial charge in [0.25, 0.3) is 5.56 Å². The molecule has 35 heavy (non-hydrogen) atoms. The second kappa shape index (κ2) is 9.43. The standard InChI is InChI=1S/C28H27N3O3S/c1-17-5-4-6-23(9-17)29-28(35)31(14-20-7-8-25-26(12-20)34-16-33-25)15-22-13-21-10-18(2)19(3)11-24(21)30-27(22)32/h4-13H,14-16H2,1-3H3,(H,29,35)(H,30,32). The van der Waals surface area contributed by atoms with E-state index in [1.54, 1.807) is 0 Å². The van der Waals surface area contributed by atoms with Crippen molar-refractivity contribution in [3.63, 3.8) is 0 Å². The molecule has 1 aliphatic rings. The molecule has 0 unspecified atom stereocenters. The predicted molar refractivity (Wildman–Crippen MR) is 143 cm³/mol. The first-order valence-corrected chi connectivity index (χ1v) is 11.9. The Morgan fingerprint density at radius 1 is 0.971 bits per heavy atom. The van der Waals surface area contributed by atoms with E-state index >= 15 is 0 Å². The van der Waals surface area contributed by atoms with Gasteiger partial charge in [-0.05, 0) is 103 Å². The van der Waals surface area contributed by atoms with Gasteiger partial charge in [-0.25, -0.2) is 0 Å². The van der Waals surface area contributed by atoms with Crippen LogP contribution < -0.4 is 20.3 Å². The van der Waals surface area contributed by atoms with Crippen molar-refractivity contribution in [2.24, 2.45) is 0 Å². The van der Waals surface area contributed by atoms with Crippen molar-refractivity contribution in [3.8, 4) is 11.5 Å². The molecule has 6 nitrogen and oxygen atoms in total. The number of nitrogens with one attached hydrogen (secondary N) is 2. The highest BCUT2D eigenvalue weighted by atomic mass is 32.1. The van der Waals surface area contributed by atoms with Gasteiger partial charge in [0.1, 0.15) is 0 Å². The van der Waals surface area contributed by atoms with Gasteiger partial charge >= 0.3 is 0 Å². The lowest BCUT2D eigenvalue weighted by atomic mass is 10.0. The molecule has 0 atom stereocenters. The molecule has 0 saturated carbocycles. The van der Waals surface area contributed by atoms with Gasteiger partial charge in [0.2, 0.25) is 6.79 Å². The van der Waals surface area contributed by atoms with E-state index in [0.29, 0.717) is 23.8 Å². The molecule has 178 valence electrons. The van der Waals surface area contributed by atoms with Crippen LogP contribution in [0.1, 0.15) is 27.8 Å². The first-order valence-electron chi connectivity index (χ1n) is 11.5. The summed E-state index contributed by atoms with van der Waals surface area (Å²) in [5.74, 6) is 1.45. The summed E-state index contributed by atoms with van der Waals surface area (Å²) in [6.45, 7) is 7.23. The van der Waals surface area contributed by atoms with Crippen LogP contribution in [0.2, 0.25) is 0 Å². The summed E-state index contributed by atoms with van der Waals surface area (Å²) < 4.78 is 11.0. The Balaban J connectivity index is 1.47. The zero-order valence-corrected chi connectivity index (χ0v) is 20.8. The van der Waals surface area contributed by atoms with Gasteiger partial charge in [0.05, 0.1) is 6.54 Å². The highest BCUT2D eigenvalue weighted by molar-refractivity contribution is 7.80. The number of benzene rings is 3. The van der Waals surface area contributed by atoms with Gasteiger partial charge in [-0.3, -0.25) is 4.79 Å². The van der Waals surface area contributed by atoms with Crippen LogP contribution >= 0.6 is 12.2 Å². The van der Waals surface area contributed by atoms with E-state index in [1.807, 2.05) is 73.3 Å². The fourth-order valence-corrected chi connectivity index (χ4v) is 4.48. The average Bonchev–Trinajstić information content (AvgIpc) is 3.28. The largest absolute Gasteiger partial charge is 0.454 e.